The molecule has 2 rings (SSSR count). The zero-order chi connectivity index (χ0) is 11.4. The second-order valence-electron chi connectivity index (χ2n) is 5.38. The van der Waals surface area contributed by atoms with Crippen LogP contribution < -0.4 is 0 Å². The zero-order valence-corrected chi connectivity index (χ0v) is 9.77. The summed E-state index contributed by atoms with van der Waals surface area (Å²) >= 11 is 0. The van der Waals surface area contributed by atoms with Crippen LogP contribution in [-0.4, -0.2) is 11.4 Å². The van der Waals surface area contributed by atoms with Gasteiger partial charge in [0.1, 0.15) is 0 Å². The molecule has 16 heavy (non-hydrogen) atoms. The van der Waals surface area contributed by atoms with Crippen LogP contribution in [0.3, 0.4) is 0 Å². The lowest BCUT2D eigenvalue weighted by atomic mass is 9.71. The number of nitrogens with zero attached hydrogens (tertiary/aromatic N) is 1. The molecule has 0 amide bonds. The van der Waals surface area contributed by atoms with Gasteiger partial charge in [-0.1, -0.05) is 0 Å². The maximum absolute atomic E-state index is 8.86. The van der Waals surface area contributed by atoms with E-state index in [2.05, 4.69) is 11.0 Å². The molecule has 0 aromatic carbocycles. The molecule has 2 aliphatic carbocycles. The summed E-state index contributed by atoms with van der Waals surface area (Å²) in [6.45, 7) is 0. The predicted octanol–water partition coefficient (Wildman–Crippen LogP) is 3.36. The SMILES string of the molecule is N#CC1CCC(C2CCC(OO)CC2)CC1. The summed E-state index contributed by atoms with van der Waals surface area (Å²) in [7, 11) is 0. The Morgan fingerprint density at radius 2 is 1.38 bits per heavy atom. The van der Waals surface area contributed by atoms with Gasteiger partial charge in [-0.05, 0) is 63.2 Å². The van der Waals surface area contributed by atoms with Crippen molar-refractivity contribution in [3.05, 3.63) is 0 Å². The molecule has 0 atom stereocenters. The number of rotatable bonds is 2. The lowest BCUT2D eigenvalue weighted by molar-refractivity contribution is -0.285. The summed E-state index contributed by atoms with van der Waals surface area (Å²) < 4.78 is 0. The second-order valence-corrected chi connectivity index (χ2v) is 5.38. The van der Waals surface area contributed by atoms with Crippen LogP contribution in [0, 0.1) is 29.1 Å². The third kappa shape index (κ3) is 2.75. The van der Waals surface area contributed by atoms with Crippen LogP contribution in [0.1, 0.15) is 51.4 Å². The van der Waals surface area contributed by atoms with Crippen molar-refractivity contribution < 1.29 is 10.1 Å². The van der Waals surface area contributed by atoms with Crippen molar-refractivity contribution in [3.63, 3.8) is 0 Å². The zero-order valence-electron chi connectivity index (χ0n) is 9.77. The molecule has 90 valence electrons. The van der Waals surface area contributed by atoms with Crippen LogP contribution in [0.2, 0.25) is 0 Å². The van der Waals surface area contributed by atoms with Crippen molar-refractivity contribution in [2.45, 2.75) is 57.5 Å². The molecule has 0 aromatic heterocycles. The summed E-state index contributed by atoms with van der Waals surface area (Å²) in [6.07, 6.45) is 9.10. The Labute approximate surface area is 97.3 Å². The van der Waals surface area contributed by atoms with Crippen molar-refractivity contribution in [1.82, 2.24) is 0 Å². The summed E-state index contributed by atoms with van der Waals surface area (Å²) in [5.74, 6) is 1.95. The molecular formula is C13H21NO2. The first kappa shape index (κ1) is 11.9. The fourth-order valence-electron chi connectivity index (χ4n) is 3.39. The standard InChI is InChI=1S/C13H21NO2/c14-9-10-1-3-11(4-2-10)12-5-7-13(16-15)8-6-12/h10-13,15H,1-8H2. The van der Waals surface area contributed by atoms with Gasteiger partial charge in [0.15, 0.2) is 0 Å². The minimum Gasteiger partial charge on any atom is -0.252 e. The molecular weight excluding hydrogens is 202 g/mol. The minimum atomic E-state index is 0.0756. The minimum absolute atomic E-state index is 0.0756. The van der Waals surface area contributed by atoms with Crippen LogP contribution >= 0.6 is 0 Å². The summed E-state index contributed by atoms with van der Waals surface area (Å²) in [5.41, 5.74) is 0. The van der Waals surface area contributed by atoms with Gasteiger partial charge < -0.3 is 0 Å². The van der Waals surface area contributed by atoms with Gasteiger partial charge in [-0.2, -0.15) is 5.26 Å². The van der Waals surface area contributed by atoms with E-state index in [-0.39, 0.29) is 6.10 Å². The fraction of sp³-hybridized carbons (Fsp3) is 0.923. The highest BCUT2D eigenvalue weighted by molar-refractivity contribution is 4.89. The monoisotopic (exact) mass is 223 g/mol. The highest BCUT2D eigenvalue weighted by atomic mass is 17.1. The smallest absolute Gasteiger partial charge is 0.0927 e. The number of nitriles is 1. The Kier molecular flexibility index (Phi) is 4.20. The highest BCUT2D eigenvalue weighted by Crippen LogP contribution is 2.40. The first-order valence-electron chi connectivity index (χ1n) is 6.53. The van der Waals surface area contributed by atoms with Gasteiger partial charge in [-0.25, -0.2) is 4.89 Å². The lowest BCUT2D eigenvalue weighted by Crippen LogP contribution is -2.28. The molecule has 0 unspecified atom stereocenters. The average Bonchev–Trinajstić information content (AvgIpc) is 2.39. The van der Waals surface area contributed by atoms with E-state index in [0.717, 1.165) is 37.5 Å². The molecule has 0 bridgehead atoms. The van der Waals surface area contributed by atoms with Gasteiger partial charge in [0, 0.05) is 5.92 Å². The first-order chi connectivity index (χ1) is 7.83. The molecule has 0 spiro atoms. The molecule has 0 aliphatic heterocycles. The maximum atomic E-state index is 8.86. The molecule has 2 aliphatic rings. The average molecular weight is 223 g/mol. The number of hydrogen-bond donors (Lipinski definition) is 1. The summed E-state index contributed by atoms with van der Waals surface area (Å²) in [5, 5.41) is 17.5. The lowest BCUT2D eigenvalue weighted by Gasteiger charge is -2.35. The summed E-state index contributed by atoms with van der Waals surface area (Å²) in [6, 6.07) is 2.39. The van der Waals surface area contributed by atoms with Crippen LogP contribution in [0.4, 0.5) is 0 Å². The largest absolute Gasteiger partial charge is 0.252 e. The molecule has 0 aromatic rings. The molecule has 0 saturated heterocycles. The Balaban J connectivity index is 1.76. The van der Waals surface area contributed by atoms with Crippen molar-refractivity contribution in [1.29, 1.82) is 5.26 Å². The van der Waals surface area contributed by atoms with E-state index in [9.17, 15) is 0 Å². The molecule has 0 radical (unpaired) electrons. The van der Waals surface area contributed by atoms with Gasteiger partial charge in [0.25, 0.3) is 0 Å². The van der Waals surface area contributed by atoms with Gasteiger partial charge in [0.05, 0.1) is 12.2 Å². The van der Waals surface area contributed by atoms with Crippen LogP contribution in [0.15, 0.2) is 0 Å². The van der Waals surface area contributed by atoms with E-state index in [4.69, 9.17) is 10.5 Å². The van der Waals surface area contributed by atoms with Gasteiger partial charge in [-0.3, -0.25) is 5.26 Å². The molecule has 0 heterocycles. The Bertz CT molecular complexity index is 245. The van der Waals surface area contributed by atoms with Crippen LogP contribution in [-0.2, 0) is 4.89 Å². The Hall–Kier alpha value is -0.590. The third-order valence-corrected chi connectivity index (χ3v) is 4.49. The molecule has 2 saturated carbocycles. The van der Waals surface area contributed by atoms with Crippen molar-refractivity contribution in [2.24, 2.45) is 17.8 Å². The van der Waals surface area contributed by atoms with E-state index >= 15 is 0 Å². The van der Waals surface area contributed by atoms with Crippen molar-refractivity contribution in [2.75, 3.05) is 0 Å². The van der Waals surface area contributed by atoms with Gasteiger partial charge in [-0.15, -0.1) is 0 Å². The normalized spacial score (nSPS) is 40.2. The van der Waals surface area contributed by atoms with E-state index in [1.807, 2.05) is 0 Å². The van der Waals surface area contributed by atoms with Crippen LogP contribution in [0.25, 0.3) is 0 Å². The van der Waals surface area contributed by atoms with E-state index in [1.54, 1.807) is 0 Å². The first-order valence-corrected chi connectivity index (χ1v) is 6.53. The molecule has 3 heteroatoms. The molecule has 3 nitrogen and oxygen atoms in total. The summed E-state index contributed by atoms with van der Waals surface area (Å²) in [4.78, 5) is 4.42. The molecule has 1 N–H and O–H groups in total. The predicted molar refractivity (Wildman–Crippen MR) is 60.5 cm³/mol. The Morgan fingerprint density at radius 3 is 1.81 bits per heavy atom. The topological polar surface area (TPSA) is 53.2 Å². The van der Waals surface area contributed by atoms with Gasteiger partial charge in [0.2, 0.25) is 0 Å². The second kappa shape index (κ2) is 5.65. The van der Waals surface area contributed by atoms with Crippen molar-refractivity contribution >= 4 is 0 Å². The quantitative estimate of drug-likeness (QED) is 0.577. The van der Waals surface area contributed by atoms with E-state index in [1.165, 1.54) is 25.7 Å². The Morgan fingerprint density at radius 1 is 0.875 bits per heavy atom. The van der Waals surface area contributed by atoms with Crippen LogP contribution in [0.5, 0.6) is 0 Å². The number of hydrogen-bond acceptors (Lipinski definition) is 3. The van der Waals surface area contributed by atoms with Crippen molar-refractivity contribution in [3.8, 4) is 6.07 Å². The third-order valence-electron chi connectivity index (χ3n) is 4.49. The highest BCUT2D eigenvalue weighted by Gasteiger charge is 2.31. The van der Waals surface area contributed by atoms with Gasteiger partial charge >= 0.3 is 0 Å². The fourth-order valence-corrected chi connectivity index (χ4v) is 3.39. The van der Waals surface area contributed by atoms with E-state index in [0.29, 0.717) is 5.92 Å². The van der Waals surface area contributed by atoms with E-state index < -0.39 is 0 Å². The maximum Gasteiger partial charge on any atom is 0.0927 e. The molecule has 2 fully saturated rings.